The Morgan fingerprint density at radius 3 is 2.60 bits per heavy atom. The third-order valence-corrected chi connectivity index (χ3v) is 2.18. The third kappa shape index (κ3) is 4.10. The average molecular weight is 310 g/mol. The van der Waals surface area contributed by atoms with Gasteiger partial charge in [-0.05, 0) is 12.1 Å². The highest BCUT2D eigenvalue weighted by atomic mass is 35.5. The van der Waals surface area contributed by atoms with Crippen LogP contribution >= 0.6 is 12.4 Å². The zero-order valence-electron chi connectivity index (χ0n) is 10.1. The van der Waals surface area contributed by atoms with E-state index < -0.39 is 6.36 Å². The molecule has 0 saturated heterocycles. The molecule has 0 aliphatic carbocycles. The van der Waals surface area contributed by atoms with E-state index in [0.29, 0.717) is 13.0 Å². The number of alkyl halides is 3. The van der Waals surface area contributed by atoms with E-state index in [9.17, 15) is 13.2 Å². The zero-order chi connectivity index (χ0) is 13.9. The number of benzene rings is 1. The highest BCUT2D eigenvalue weighted by Gasteiger charge is 2.32. The summed E-state index contributed by atoms with van der Waals surface area (Å²) in [6.07, 6.45) is -4.42. The van der Waals surface area contributed by atoms with Crippen molar-refractivity contribution in [3.8, 4) is 17.1 Å². The number of rotatable bonds is 4. The predicted octanol–water partition coefficient (Wildman–Crippen LogP) is 2.56. The van der Waals surface area contributed by atoms with Crippen molar-refractivity contribution in [1.29, 1.82) is 0 Å². The molecule has 0 saturated carbocycles. The van der Waals surface area contributed by atoms with Crippen molar-refractivity contribution in [2.75, 3.05) is 6.54 Å². The summed E-state index contributed by atoms with van der Waals surface area (Å²) in [5.41, 5.74) is 5.42. The van der Waals surface area contributed by atoms with Gasteiger partial charge in [-0.2, -0.15) is 4.98 Å². The van der Waals surface area contributed by atoms with E-state index in [0.717, 1.165) is 0 Å². The molecule has 0 spiro atoms. The van der Waals surface area contributed by atoms with Crippen LogP contribution in [-0.2, 0) is 6.42 Å². The molecule has 1 aromatic carbocycles. The lowest BCUT2D eigenvalue weighted by molar-refractivity contribution is -0.274. The summed E-state index contributed by atoms with van der Waals surface area (Å²) in [6, 6.07) is 5.57. The van der Waals surface area contributed by atoms with E-state index >= 15 is 0 Å². The number of hydrogen-bond acceptors (Lipinski definition) is 5. The average Bonchev–Trinajstić information content (AvgIpc) is 2.76. The molecule has 2 N–H and O–H groups in total. The monoisotopic (exact) mass is 309 g/mol. The molecule has 0 unspecified atom stereocenters. The lowest BCUT2D eigenvalue weighted by Gasteiger charge is -2.10. The van der Waals surface area contributed by atoms with Gasteiger partial charge in [0.05, 0.1) is 5.56 Å². The van der Waals surface area contributed by atoms with E-state index in [-0.39, 0.29) is 35.4 Å². The van der Waals surface area contributed by atoms with E-state index in [1.54, 1.807) is 6.07 Å². The molecule has 0 aliphatic heterocycles. The van der Waals surface area contributed by atoms with Crippen LogP contribution in [0.15, 0.2) is 28.8 Å². The summed E-state index contributed by atoms with van der Waals surface area (Å²) in [4.78, 5) is 3.96. The fourth-order valence-corrected chi connectivity index (χ4v) is 1.45. The summed E-state index contributed by atoms with van der Waals surface area (Å²) >= 11 is 0. The molecular formula is C11H11ClF3N3O2. The SMILES string of the molecule is Cl.NCCc1nc(-c2ccccc2OC(F)(F)F)no1. The predicted molar refractivity (Wildman–Crippen MR) is 66.4 cm³/mol. The number of para-hydroxylation sites is 1. The van der Waals surface area contributed by atoms with Crippen LogP contribution < -0.4 is 10.5 Å². The minimum Gasteiger partial charge on any atom is -0.405 e. The minimum atomic E-state index is -4.78. The van der Waals surface area contributed by atoms with Crippen molar-refractivity contribution in [2.45, 2.75) is 12.8 Å². The number of aromatic nitrogens is 2. The smallest absolute Gasteiger partial charge is 0.405 e. The highest BCUT2D eigenvalue weighted by Crippen LogP contribution is 2.31. The van der Waals surface area contributed by atoms with Gasteiger partial charge in [0.25, 0.3) is 0 Å². The Morgan fingerprint density at radius 2 is 1.95 bits per heavy atom. The Bertz CT molecular complexity index is 560. The van der Waals surface area contributed by atoms with Crippen molar-refractivity contribution in [1.82, 2.24) is 10.1 Å². The van der Waals surface area contributed by atoms with Gasteiger partial charge in [0.2, 0.25) is 11.7 Å². The summed E-state index contributed by atoms with van der Waals surface area (Å²) in [5, 5.41) is 3.61. The first-order chi connectivity index (χ1) is 8.99. The number of nitrogens with two attached hydrogens (primary N) is 1. The van der Waals surface area contributed by atoms with Gasteiger partial charge >= 0.3 is 6.36 Å². The van der Waals surface area contributed by atoms with Gasteiger partial charge in [0.15, 0.2) is 0 Å². The number of hydrogen-bond donors (Lipinski definition) is 1. The summed E-state index contributed by atoms with van der Waals surface area (Å²) in [5.74, 6) is -0.0855. The largest absolute Gasteiger partial charge is 0.573 e. The summed E-state index contributed by atoms with van der Waals surface area (Å²) in [7, 11) is 0. The molecule has 0 fully saturated rings. The van der Waals surface area contributed by atoms with Crippen LogP contribution in [0.4, 0.5) is 13.2 Å². The second-order valence-electron chi connectivity index (χ2n) is 3.59. The van der Waals surface area contributed by atoms with Crippen LogP contribution in [-0.4, -0.2) is 23.0 Å². The van der Waals surface area contributed by atoms with Gasteiger partial charge in [0, 0.05) is 13.0 Å². The van der Waals surface area contributed by atoms with Gasteiger partial charge in [-0.25, -0.2) is 0 Å². The molecule has 1 aromatic heterocycles. The van der Waals surface area contributed by atoms with Crippen LogP contribution in [0, 0.1) is 0 Å². The molecule has 20 heavy (non-hydrogen) atoms. The van der Waals surface area contributed by atoms with Crippen molar-refractivity contribution in [3.63, 3.8) is 0 Å². The second-order valence-corrected chi connectivity index (χ2v) is 3.59. The molecule has 110 valence electrons. The molecule has 5 nitrogen and oxygen atoms in total. The fraction of sp³-hybridized carbons (Fsp3) is 0.273. The van der Waals surface area contributed by atoms with Crippen LogP contribution in [0.1, 0.15) is 5.89 Å². The molecule has 2 rings (SSSR count). The Hall–Kier alpha value is -1.80. The highest BCUT2D eigenvalue weighted by molar-refractivity contribution is 5.85. The first-order valence-corrected chi connectivity index (χ1v) is 5.37. The molecule has 0 amide bonds. The normalized spacial score (nSPS) is 11.0. The Kier molecular flexibility index (Phi) is 5.34. The Balaban J connectivity index is 0.00000200. The van der Waals surface area contributed by atoms with E-state index in [1.807, 2.05) is 0 Å². The summed E-state index contributed by atoms with van der Waals surface area (Å²) in [6.45, 7) is 0.308. The third-order valence-electron chi connectivity index (χ3n) is 2.18. The minimum absolute atomic E-state index is 0. The van der Waals surface area contributed by atoms with Crippen LogP contribution in [0.25, 0.3) is 11.4 Å². The van der Waals surface area contributed by atoms with Crippen LogP contribution in [0.5, 0.6) is 5.75 Å². The van der Waals surface area contributed by atoms with E-state index in [1.165, 1.54) is 18.2 Å². The van der Waals surface area contributed by atoms with Gasteiger partial charge in [-0.15, -0.1) is 25.6 Å². The lowest BCUT2D eigenvalue weighted by atomic mass is 10.2. The van der Waals surface area contributed by atoms with Gasteiger partial charge in [-0.3, -0.25) is 0 Å². The maximum atomic E-state index is 12.3. The second kappa shape index (κ2) is 6.58. The van der Waals surface area contributed by atoms with Crippen LogP contribution in [0.2, 0.25) is 0 Å². The van der Waals surface area contributed by atoms with Crippen molar-refractivity contribution in [2.24, 2.45) is 5.73 Å². The number of halogens is 4. The number of ether oxygens (including phenoxy) is 1. The molecule has 9 heteroatoms. The molecular weight excluding hydrogens is 299 g/mol. The van der Waals surface area contributed by atoms with Gasteiger partial charge < -0.3 is 15.0 Å². The fourth-order valence-electron chi connectivity index (χ4n) is 1.45. The zero-order valence-corrected chi connectivity index (χ0v) is 10.9. The summed E-state index contributed by atoms with van der Waals surface area (Å²) < 4.78 is 45.6. The Labute approximate surface area is 118 Å². The molecule has 2 aromatic rings. The van der Waals surface area contributed by atoms with Crippen molar-refractivity contribution < 1.29 is 22.4 Å². The molecule has 0 radical (unpaired) electrons. The topological polar surface area (TPSA) is 74.2 Å². The Morgan fingerprint density at radius 1 is 1.25 bits per heavy atom. The first-order valence-electron chi connectivity index (χ1n) is 5.37. The van der Waals surface area contributed by atoms with Crippen molar-refractivity contribution >= 4 is 12.4 Å². The quantitative estimate of drug-likeness (QED) is 0.939. The van der Waals surface area contributed by atoms with Crippen LogP contribution in [0.3, 0.4) is 0 Å². The van der Waals surface area contributed by atoms with Gasteiger partial charge in [0.1, 0.15) is 5.75 Å². The maximum absolute atomic E-state index is 12.3. The lowest BCUT2D eigenvalue weighted by Crippen LogP contribution is -2.17. The maximum Gasteiger partial charge on any atom is 0.573 e. The van der Waals surface area contributed by atoms with Crippen molar-refractivity contribution in [3.05, 3.63) is 30.2 Å². The molecule has 0 bridgehead atoms. The van der Waals surface area contributed by atoms with E-state index in [4.69, 9.17) is 10.3 Å². The van der Waals surface area contributed by atoms with E-state index in [2.05, 4.69) is 14.9 Å². The molecule has 1 heterocycles. The number of nitrogens with zero attached hydrogens (tertiary/aromatic N) is 2. The molecule has 0 atom stereocenters. The molecule has 0 aliphatic rings. The van der Waals surface area contributed by atoms with Gasteiger partial charge in [-0.1, -0.05) is 17.3 Å². The standard InChI is InChI=1S/C11H10F3N3O2.ClH/c12-11(13,14)18-8-4-2-1-3-7(8)10-16-9(5-6-15)19-17-10;/h1-4H,5-6,15H2;1H. The first kappa shape index (κ1) is 16.3.